The van der Waals surface area contributed by atoms with Gasteiger partial charge in [-0.1, -0.05) is 12.1 Å². The van der Waals surface area contributed by atoms with Gasteiger partial charge in [0.25, 0.3) is 0 Å². The van der Waals surface area contributed by atoms with Crippen LogP contribution < -0.4 is 10.1 Å². The molecule has 1 N–H and O–H groups in total. The Labute approximate surface area is 153 Å². The minimum atomic E-state index is -0.989. The molecule has 0 aromatic heterocycles. The molecule has 140 valence electrons. The van der Waals surface area contributed by atoms with E-state index in [4.69, 9.17) is 14.5 Å². The van der Waals surface area contributed by atoms with Gasteiger partial charge >= 0.3 is 5.97 Å². The molecule has 0 radical (unpaired) electrons. The molecule has 3 rings (SSSR count). The number of piperidine rings is 1. The lowest BCUT2D eigenvalue weighted by atomic mass is 9.91. The fourth-order valence-electron chi connectivity index (χ4n) is 3.37. The van der Waals surface area contributed by atoms with Crippen LogP contribution in [0.4, 0.5) is 0 Å². The van der Waals surface area contributed by atoms with Crippen molar-refractivity contribution in [1.29, 1.82) is 0 Å². The first-order chi connectivity index (χ1) is 12.6. The molecule has 26 heavy (non-hydrogen) atoms. The predicted molar refractivity (Wildman–Crippen MR) is 96.9 cm³/mol. The second-order valence-corrected chi connectivity index (χ2v) is 6.44. The third-order valence-electron chi connectivity index (χ3n) is 4.75. The predicted octanol–water partition coefficient (Wildman–Crippen LogP) is 1.89. The van der Waals surface area contributed by atoms with Gasteiger partial charge < -0.3 is 14.4 Å². The van der Waals surface area contributed by atoms with Gasteiger partial charge in [0, 0.05) is 13.1 Å². The van der Waals surface area contributed by atoms with Crippen molar-refractivity contribution in [2.24, 2.45) is 10.9 Å². The number of rotatable bonds is 4. The van der Waals surface area contributed by atoms with Crippen LogP contribution >= 0.6 is 0 Å². The molecule has 7 nitrogen and oxygen atoms in total. The van der Waals surface area contributed by atoms with Crippen molar-refractivity contribution in [3.8, 4) is 5.75 Å². The smallest absolute Gasteiger partial charge is 0.321 e. The van der Waals surface area contributed by atoms with E-state index in [9.17, 15) is 9.59 Å². The summed E-state index contributed by atoms with van der Waals surface area (Å²) < 4.78 is 10.3. The van der Waals surface area contributed by atoms with E-state index in [2.05, 4.69) is 10.2 Å². The zero-order valence-corrected chi connectivity index (χ0v) is 15.2. The Bertz CT molecular complexity index is 681. The molecule has 0 spiro atoms. The Morgan fingerprint density at radius 1 is 1.23 bits per heavy atom. The van der Waals surface area contributed by atoms with Gasteiger partial charge in [0.15, 0.2) is 5.92 Å². The van der Waals surface area contributed by atoms with Gasteiger partial charge in [-0.15, -0.1) is 0 Å². The highest BCUT2D eigenvalue weighted by molar-refractivity contribution is 6.08. The van der Waals surface area contributed by atoms with E-state index in [1.165, 1.54) is 6.42 Å². The zero-order chi connectivity index (χ0) is 18.5. The van der Waals surface area contributed by atoms with Gasteiger partial charge in [-0.25, -0.2) is 4.99 Å². The third-order valence-corrected chi connectivity index (χ3v) is 4.75. The molecule has 7 heteroatoms. The van der Waals surface area contributed by atoms with E-state index >= 15 is 0 Å². The molecule has 1 fully saturated rings. The lowest BCUT2D eigenvalue weighted by Crippen LogP contribution is -2.53. The maximum atomic E-state index is 12.7. The van der Waals surface area contributed by atoms with E-state index in [1.54, 1.807) is 26.2 Å². The number of nitrogens with one attached hydrogen (secondary N) is 1. The lowest BCUT2D eigenvalue weighted by molar-refractivity contribution is -0.153. The molecule has 0 aliphatic carbocycles. The van der Waals surface area contributed by atoms with E-state index < -0.39 is 17.9 Å². The maximum absolute atomic E-state index is 12.7. The van der Waals surface area contributed by atoms with E-state index in [-0.39, 0.29) is 12.5 Å². The minimum absolute atomic E-state index is 0.223. The maximum Gasteiger partial charge on any atom is 0.321 e. The summed E-state index contributed by atoms with van der Waals surface area (Å²) in [6, 6.07) is 6.68. The molecule has 2 aliphatic rings. The number of esters is 1. The highest BCUT2D eigenvalue weighted by atomic mass is 16.5. The van der Waals surface area contributed by atoms with Crippen LogP contribution in [0, 0.1) is 5.92 Å². The van der Waals surface area contributed by atoms with Gasteiger partial charge in [-0.2, -0.15) is 0 Å². The Balaban J connectivity index is 1.95. The number of carbonyl (C=O) groups is 2. The van der Waals surface area contributed by atoms with Crippen LogP contribution in [-0.4, -0.2) is 49.5 Å². The summed E-state index contributed by atoms with van der Waals surface area (Å²) in [5, 5.41) is 2.81. The summed E-state index contributed by atoms with van der Waals surface area (Å²) in [5.74, 6) is -0.637. The van der Waals surface area contributed by atoms with Crippen molar-refractivity contribution in [2.75, 3.05) is 26.8 Å². The summed E-state index contributed by atoms with van der Waals surface area (Å²) in [5.41, 5.74) is 0.785. The van der Waals surface area contributed by atoms with Crippen molar-refractivity contribution >= 4 is 17.8 Å². The van der Waals surface area contributed by atoms with Crippen LogP contribution in [0.3, 0.4) is 0 Å². The molecular weight excluding hydrogens is 334 g/mol. The molecule has 1 amide bonds. The van der Waals surface area contributed by atoms with Crippen LogP contribution in [-0.2, 0) is 14.3 Å². The minimum Gasteiger partial charge on any atom is -0.497 e. The number of hydrogen-bond acceptors (Lipinski definition) is 6. The number of methoxy groups -OCH3 is 1. The number of ether oxygens (including phenoxy) is 2. The van der Waals surface area contributed by atoms with Gasteiger partial charge in [-0.05, 0) is 43.9 Å². The molecular formula is C19H25N3O4. The quantitative estimate of drug-likeness (QED) is 0.656. The molecule has 2 heterocycles. The molecule has 2 aliphatic heterocycles. The fourth-order valence-corrected chi connectivity index (χ4v) is 3.37. The highest BCUT2D eigenvalue weighted by Crippen LogP contribution is 2.32. The normalized spacial score (nSPS) is 23.1. The first-order valence-electron chi connectivity index (χ1n) is 9.08. The monoisotopic (exact) mass is 359 g/mol. The highest BCUT2D eigenvalue weighted by Gasteiger charge is 2.42. The first-order valence-corrected chi connectivity index (χ1v) is 9.08. The first kappa shape index (κ1) is 18.2. The van der Waals surface area contributed by atoms with Gasteiger partial charge in [0.2, 0.25) is 11.9 Å². The van der Waals surface area contributed by atoms with Crippen molar-refractivity contribution in [3.05, 3.63) is 29.8 Å². The van der Waals surface area contributed by atoms with E-state index in [0.717, 1.165) is 31.5 Å². The van der Waals surface area contributed by atoms with Crippen LogP contribution in [0.25, 0.3) is 0 Å². The molecule has 0 unspecified atom stereocenters. The number of guanidine groups is 1. The number of nitrogens with zero attached hydrogens (tertiary/aromatic N) is 2. The van der Waals surface area contributed by atoms with Crippen LogP contribution in [0.5, 0.6) is 5.75 Å². The molecule has 1 saturated heterocycles. The van der Waals surface area contributed by atoms with Crippen molar-refractivity contribution in [2.45, 2.75) is 32.2 Å². The molecule has 1 aromatic rings. The number of carbonyl (C=O) groups excluding carboxylic acids is 2. The Kier molecular flexibility index (Phi) is 5.75. The second kappa shape index (κ2) is 8.21. The van der Waals surface area contributed by atoms with Crippen LogP contribution in [0.15, 0.2) is 29.3 Å². The average molecular weight is 359 g/mol. The zero-order valence-electron chi connectivity index (χ0n) is 15.2. The Morgan fingerprint density at radius 3 is 2.54 bits per heavy atom. The SMILES string of the molecule is CCOC(=O)[C@@H]1C(=O)NC(N2CCCCC2)=N[C@H]1c1ccc(OC)cc1. The molecule has 0 saturated carbocycles. The molecule has 1 aromatic carbocycles. The number of aliphatic imine (C=N–C) groups is 1. The van der Waals surface area contributed by atoms with Crippen LogP contribution in [0.1, 0.15) is 37.8 Å². The van der Waals surface area contributed by atoms with E-state index in [1.807, 2.05) is 12.1 Å². The van der Waals surface area contributed by atoms with E-state index in [0.29, 0.717) is 11.7 Å². The summed E-state index contributed by atoms with van der Waals surface area (Å²) in [6.07, 6.45) is 3.33. The average Bonchev–Trinajstić information content (AvgIpc) is 2.68. The topological polar surface area (TPSA) is 80.2 Å². The second-order valence-electron chi connectivity index (χ2n) is 6.44. The summed E-state index contributed by atoms with van der Waals surface area (Å²) >= 11 is 0. The fraction of sp³-hybridized carbons (Fsp3) is 0.526. The number of benzene rings is 1. The molecule has 2 atom stereocenters. The Hall–Kier alpha value is -2.57. The number of likely N-dealkylation sites (tertiary alicyclic amines) is 1. The summed E-state index contributed by atoms with van der Waals surface area (Å²) in [4.78, 5) is 32.0. The van der Waals surface area contributed by atoms with Gasteiger partial charge in [0.1, 0.15) is 11.8 Å². The number of amides is 1. The molecule has 0 bridgehead atoms. The summed E-state index contributed by atoms with van der Waals surface area (Å²) in [6.45, 7) is 3.67. The van der Waals surface area contributed by atoms with Crippen LogP contribution in [0.2, 0.25) is 0 Å². The van der Waals surface area contributed by atoms with Gasteiger partial charge in [0.05, 0.1) is 13.7 Å². The standard InChI is InChI=1S/C19H25N3O4/c1-3-26-18(24)15-16(13-7-9-14(25-2)10-8-13)20-19(21-17(15)23)22-11-5-4-6-12-22/h7-10,15-16H,3-6,11-12H2,1-2H3,(H,20,21,23)/t15-,16-/m0/s1. The summed E-state index contributed by atoms with van der Waals surface area (Å²) in [7, 11) is 1.59. The lowest BCUT2D eigenvalue weighted by Gasteiger charge is -2.35. The van der Waals surface area contributed by atoms with Crippen molar-refractivity contribution in [3.63, 3.8) is 0 Å². The van der Waals surface area contributed by atoms with Crippen molar-refractivity contribution in [1.82, 2.24) is 10.2 Å². The Morgan fingerprint density at radius 2 is 1.92 bits per heavy atom. The van der Waals surface area contributed by atoms with Crippen molar-refractivity contribution < 1.29 is 19.1 Å². The van der Waals surface area contributed by atoms with Gasteiger partial charge in [-0.3, -0.25) is 14.9 Å². The largest absolute Gasteiger partial charge is 0.497 e. The number of hydrogen-bond donors (Lipinski definition) is 1. The third kappa shape index (κ3) is 3.81.